The van der Waals surface area contributed by atoms with Gasteiger partial charge in [0.25, 0.3) is 0 Å². The minimum absolute atomic E-state index is 1.12. The van der Waals surface area contributed by atoms with E-state index < -0.39 is 11.4 Å². The zero-order chi connectivity index (χ0) is 8.32. The van der Waals surface area contributed by atoms with E-state index in [9.17, 15) is 0 Å². The third-order valence-corrected chi connectivity index (χ3v) is 10.6. The summed E-state index contributed by atoms with van der Waals surface area (Å²) in [5, 5.41) is 2.24. The molecule has 1 saturated heterocycles. The average molecular weight is 257 g/mol. The van der Waals surface area contributed by atoms with E-state index in [0.717, 1.165) is 10.5 Å². The van der Waals surface area contributed by atoms with Gasteiger partial charge in [-0.25, -0.2) is 0 Å². The van der Waals surface area contributed by atoms with Crippen molar-refractivity contribution in [2.45, 2.75) is 23.3 Å². The fourth-order valence-corrected chi connectivity index (χ4v) is 7.59. The van der Waals surface area contributed by atoms with Crippen molar-refractivity contribution in [1.82, 2.24) is 4.90 Å². The van der Waals surface area contributed by atoms with Crippen molar-refractivity contribution in [2.75, 3.05) is 20.1 Å². The number of nitrogens with zero attached hydrogens (tertiary/aromatic N) is 1. The molecule has 1 aliphatic rings. The summed E-state index contributed by atoms with van der Waals surface area (Å²) in [7, 11) is 14.6. The van der Waals surface area contributed by atoms with Crippen molar-refractivity contribution in [3.05, 3.63) is 0 Å². The molecule has 1 fully saturated rings. The maximum atomic E-state index is 6.23. The van der Waals surface area contributed by atoms with Crippen molar-refractivity contribution >= 4 is 31.4 Å². The van der Waals surface area contributed by atoms with Crippen LogP contribution in [0.5, 0.6) is 0 Å². The topological polar surface area (TPSA) is 3.24 Å². The van der Waals surface area contributed by atoms with Gasteiger partial charge in [0.05, 0.1) is 0 Å². The van der Waals surface area contributed by atoms with Crippen LogP contribution in [0.3, 0.4) is 0 Å². The van der Waals surface area contributed by atoms with E-state index in [1.54, 1.807) is 0 Å². The van der Waals surface area contributed by atoms with E-state index >= 15 is 0 Å². The number of hydrogen-bond donors (Lipinski definition) is 0. The van der Waals surface area contributed by atoms with Gasteiger partial charge >= 0.3 is 79.8 Å². The molecule has 0 radical (unpaired) electrons. The Kier molecular flexibility index (Phi) is 4.03. The van der Waals surface area contributed by atoms with Gasteiger partial charge in [0.1, 0.15) is 0 Å². The SMILES string of the molecule is CN1CC[CH2][Ge]([Cl])([Cl])[CH2]CC1. The Hall–Kier alpha value is 1.08. The third-order valence-electron chi connectivity index (χ3n) is 2.16. The second kappa shape index (κ2) is 4.36. The van der Waals surface area contributed by atoms with E-state index in [1.807, 2.05) is 0 Å². The minimum atomic E-state index is -2.25. The van der Waals surface area contributed by atoms with Gasteiger partial charge in [0.2, 0.25) is 0 Å². The van der Waals surface area contributed by atoms with Crippen LogP contribution in [0.15, 0.2) is 0 Å². The fraction of sp³-hybridized carbons (Fsp3) is 1.00. The van der Waals surface area contributed by atoms with Crippen LogP contribution in [0, 0.1) is 0 Å². The summed E-state index contributed by atoms with van der Waals surface area (Å²) in [6, 6.07) is 0. The average Bonchev–Trinajstić information content (AvgIpc) is 1.83. The third kappa shape index (κ3) is 4.02. The Morgan fingerprint density at radius 3 is 2.00 bits per heavy atom. The molecule has 1 heterocycles. The van der Waals surface area contributed by atoms with E-state index in [0.29, 0.717) is 0 Å². The molecule has 0 saturated carbocycles. The normalized spacial score (nSPS) is 27.5. The van der Waals surface area contributed by atoms with Crippen molar-refractivity contribution in [3.63, 3.8) is 0 Å². The van der Waals surface area contributed by atoms with Crippen LogP contribution in [0.25, 0.3) is 0 Å². The summed E-state index contributed by atoms with van der Waals surface area (Å²) < 4.78 is 0. The summed E-state index contributed by atoms with van der Waals surface area (Å²) >= 11 is -2.25. The second-order valence-corrected chi connectivity index (χ2v) is 17.6. The molecule has 0 aliphatic carbocycles. The molecule has 0 bridgehead atoms. The molecule has 0 unspecified atom stereocenters. The Bertz CT molecular complexity index is 118. The Balaban J connectivity index is 2.35. The predicted octanol–water partition coefficient (Wildman–Crippen LogP) is 2.63. The molecule has 11 heavy (non-hydrogen) atoms. The van der Waals surface area contributed by atoms with Gasteiger partial charge < -0.3 is 0 Å². The molecule has 1 nitrogen and oxygen atoms in total. The van der Waals surface area contributed by atoms with E-state index in [4.69, 9.17) is 20.0 Å². The summed E-state index contributed by atoms with van der Waals surface area (Å²) in [5.41, 5.74) is 0. The van der Waals surface area contributed by atoms with Crippen LogP contribution in [-0.4, -0.2) is 36.4 Å². The van der Waals surface area contributed by atoms with Gasteiger partial charge in [-0.1, -0.05) is 0 Å². The number of hydrogen-bond acceptors (Lipinski definition) is 1. The molecule has 0 aromatic carbocycles. The molecule has 0 aromatic rings. The van der Waals surface area contributed by atoms with Crippen LogP contribution < -0.4 is 0 Å². The van der Waals surface area contributed by atoms with E-state index in [2.05, 4.69) is 11.9 Å². The molecule has 1 rings (SSSR count). The van der Waals surface area contributed by atoms with Crippen LogP contribution in [0.4, 0.5) is 0 Å². The summed E-state index contributed by atoms with van der Waals surface area (Å²) in [6.45, 7) is 2.35. The summed E-state index contributed by atoms with van der Waals surface area (Å²) in [4.78, 5) is 2.37. The molecule has 0 N–H and O–H groups in total. The zero-order valence-corrected chi connectivity index (χ0v) is 10.6. The molecular weight excluding hydrogens is 242 g/mol. The molecular formula is C7H15Cl2GeN. The Labute approximate surface area is 79.8 Å². The van der Waals surface area contributed by atoms with Crippen LogP contribution in [0.2, 0.25) is 10.5 Å². The maximum absolute atomic E-state index is 6.23. The first-order valence-corrected chi connectivity index (χ1v) is 12.6. The molecule has 0 amide bonds. The van der Waals surface area contributed by atoms with Gasteiger partial charge in [0.15, 0.2) is 0 Å². The van der Waals surface area contributed by atoms with E-state index in [1.165, 1.54) is 25.9 Å². The zero-order valence-electron chi connectivity index (χ0n) is 6.95. The van der Waals surface area contributed by atoms with Crippen LogP contribution in [-0.2, 0) is 0 Å². The summed E-state index contributed by atoms with van der Waals surface area (Å²) in [6.07, 6.45) is 2.40. The molecule has 1 aliphatic heterocycles. The predicted molar refractivity (Wildman–Crippen MR) is 53.8 cm³/mol. The molecule has 4 heteroatoms. The Morgan fingerprint density at radius 2 is 1.55 bits per heavy atom. The second-order valence-electron chi connectivity index (χ2n) is 3.37. The van der Waals surface area contributed by atoms with Crippen molar-refractivity contribution in [3.8, 4) is 0 Å². The van der Waals surface area contributed by atoms with Crippen molar-refractivity contribution in [2.24, 2.45) is 0 Å². The van der Waals surface area contributed by atoms with Gasteiger partial charge in [-0.2, -0.15) is 0 Å². The Morgan fingerprint density at radius 1 is 1.09 bits per heavy atom. The fourth-order valence-electron chi connectivity index (χ4n) is 1.45. The molecule has 0 aromatic heterocycles. The van der Waals surface area contributed by atoms with Gasteiger partial charge in [-0.05, 0) is 0 Å². The first-order valence-electron chi connectivity index (χ1n) is 4.16. The van der Waals surface area contributed by atoms with Crippen LogP contribution >= 0.6 is 20.0 Å². The van der Waals surface area contributed by atoms with Crippen LogP contribution in [0.1, 0.15) is 12.8 Å². The number of halogens is 2. The van der Waals surface area contributed by atoms with Crippen molar-refractivity contribution < 1.29 is 0 Å². The standard InChI is InChI=1S/C7H15Cl2GeN/c1-11-6-2-4-10(8,9)5-3-7-11/h2-7H2,1H3. The first-order chi connectivity index (χ1) is 5.10. The van der Waals surface area contributed by atoms with Gasteiger partial charge in [-0.3, -0.25) is 0 Å². The summed E-state index contributed by atoms with van der Waals surface area (Å²) in [5.74, 6) is 0. The van der Waals surface area contributed by atoms with E-state index in [-0.39, 0.29) is 0 Å². The monoisotopic (exact) mass is 257 g/mol. The number of rotatable bonds is 0. The van der Waals surface area contributed by atoms with Crippen molar-refractivity contribution in [1.29, 1.82) is 0 Å². The molecule has 0 spiro atoms. The molecule has 66 valence electrons. The first kappa shape index (κ1) is 10.2. The quantitative estimate of drug-likeness (QED) is 0.603. The van der Waals surface area contributed by atoms with Gasteiger partial charge in [-0.15, -0.1) is 0 Å². The van der Waals surface area contributed by atoms with Gasteiger partial charge in [0, 0.05) is 0 Å². The molecule has 0 atom stereocenters.